The normalized spacial score (nSPS) is 15.1. The van der Waals surface area contributed by atoms with E-state index in [0.717, 1.165) is 28.7 Å². The van der Waals surface area contributed by atoms with Crippen LogP contribution in [0.25, 0.3) is 10.9 Å². The van der Waals surface area contributed by atoms with Crippen molar-refractivity contribution in [3.63, 3.8) is 0 Å². The van der Waals surface area contributed by atoms with Gasteiger partial charge in [-0.1, -0.05) is 24.3 Å². The van der Waals surface area contributed by atoms with Gasteiger partial charge in [-0.15, -0.1) is 0 Å². The molecule has 0 spiro atoms. The van der Waals surface area contributed by atoms with Gasteiger partial charge >= 0.3 is 12.0 Å². The Morgan fingerprint density at radius 1 is 1.12 bits per heavy atom. The van der Waals surface area contributed by atoms with Crippen LogP contribution in [0.15, 0.2) is 58.8 Å². The molecule has 1 aliphatic rings. The summed E-state index contributed by atoms with van der Waals surface area (Å²) >= 11 is 0. The van der Waals surface area contributed by atoms with Gasteiger partial charge in [0.2, 0.25) is 0 Å². The van der Waals surface area contributed by atoms with Gasteiger partial charge in [0.15, 0.2) is 18.1 Å². The molecule has 0 fully saturated rings. The number of benzene rings is 2. The largest absolute Gasteiger partial charge is 0.493 e. The first-order valence-corrected chi connectivity index (χ1v) is 12.9. The number of esters is 1. The third-order valence-electron chi connectivity index (χ3n) is 6.62. The first-order chi connectivity index (χ1) is 19.3. The lowest BCUT2D eigenvalue weighted by atomic mass is 9.95. The number of methoxy groups -OCH3 is 1. The molecule has 0 radical (unpaired) electrons. The Labute approximate surface area is 232 Å². The monoisotopic (exact) mass is 547 g/mol. The van der Waals surface area contributed by atoms with E-state index in [9.17, 15) is 14.4 Å². The Morgan fingerprint density at radius 2 is 1.90 bits per heavy atom. The van der Waals surface area contributed by atoms with Gasteiger partial charge in [0.25, 0.3) is 5.91 Å². The quantitative estimate of drug-likeness (QED) is 0.201. The Kier molecular flexibility index (Phi) is 8.73. The van der Waals surface area contributed by atoms with Crippen LogP contribution < -0.4 is 25.5 Å². The zero-order valence-electron chi connectivity index (χ0n) is 23.2. The van der Waals surface area contributed by atoms with Gasteiger partial charge in [0.05, 0.1) is 31.5 Å². The summed E-state index contributed by atoms with van der Waals surface area (Å²) in [6.07, 6.45) is 1.64. The highest BCUT2D eigenvalue weighted by atomic mass is 16.5. The van der Waals surface area contributed by atoms with E-state index < -0.39 is 23.9 Å². The number of para-hydroxylation sites is 1. The van der Waals surface area contributed by atoms with Crippen molar-refractivity contribution in [2.45, 2.75) is 40.3 Å². The molecule has 40 heavy (non-hydrogen) atoms. The van der Waals surface area contributed by atoms with Crippen LogP contribution in [0.3, 0.4) is 0 Å². The molecule has 210 valence electrons. The molecule has 0 saturated heterocycles. The number of carbonyl (C=O) groups excluding carboxylic acids is 3. The SMILES string of the molecule is CCOC(=O)C1=C(C)NC(=O)N[C@H]1c1ccc(OCC(=O)N/N=C/c2c(C)n(CC)c3ccccc23)c(OC)c1. The lowest BCUT2D eigenvalue weighted by Crippen LogP contribution is -2.45. The Hall–Kier alpha value is -4.80. The molecule has 0 saturated carbocycles. The molecule has 3 N–H and O–H groups in total. The average molecular weight is 548 g/mol. The number of aromatic nitrogens is 1. The molecule has 1 atom stereocenters. The number of hydrazone groups is 1. The number of ether oxygens (including phenoxy) is 3. The fraction of sp³-hybridized carbons (Fsp3) is 0.310. The lowest BCUT2D eigenvalue weighted by molar-refractivity contribution is -0.139. The van der Waals surface area contributed by atoms with Crippen LogP contribution in [-0.4, -0.2) is 49.0 Å². The van der Waals surface area contributed by atoms with Crippen molar-refractivity contribution in [1.29, 1.82) is 0 Å². The maximum atomic E-state index is 12.6. The van der Waals surface area contributed by atoms with Crippen LogP contribution in [-0.2, 0) is 20.9 Å². The number of urea groups is 1. The van der Waals surface area contributed by atoms with E-state index in [1.165, 1.54) is 7.11 Å². The van der Waals surface area contributed by atoms with E-state index in [4.69, 9.17) is 14.2 Å². The number of nitrogens with one attached hydrogen (secondary N) is 3. The number of rotatable bonds is 10. The predicted molar refractivity (Wildman–Crippen MR) is 150 cm³/mol. The first-order valence-electron chi connectivity index (χ1n) is 12.9. The van der Waals surface area contributed by atoms with Crippen LogP contribution in [0.4, 0.5) is 4.79 Å². The van der Waals surface area contributed by atoms with Gasteiger partial charge in [-0.25, -0.2) is 15.0 Å². The van der Waals surface area contributed by atoms with E-state index in [2.05, 4.69) is 38.7 Å². The van der Waals surface area contributed by atoms with Crippen molar-refractivity contribution >= 4 is 35.0 Å². The maximum absolute atomic E-state index is 12.6. The zero-order valence-corrected chi connectivity index (χ0v) is 23.2. The molecule has 2 heterocycles. The second kappa shape index (κ2) is 12.4. The van der Waals surface area contributed by atoms with E-state index in [0.29, 0.717) is 22.8 Å². The highest BCUT2D eigenvalue weighted by Gasteiger charge is 2.32. The number of nitrogens with zero attached hydrogens (tertiary/aromatic N) is 2. The maximum Gasteiger partial charge on any atom is 0.338 e. The fourth-order valence-electron chi connectivity index (χ4n) is 4.78. The molecule has 11 nitrogen and oxygen atoms in total. The smallest absolute Gasteiger partial charge is 0.338 e. The van der Waals surface area contributed by atoms with Crippen molar-refractivity contribution < 1.29 is 28.6 Å². The fourth-order valence-corrected chi connectivity index (χ4v) is 4.78. The van der Waals surface area contributed by atoms with Gasteiger partial charge < -0.3 is 29.4 Å². The average Bonchev–Trinajstić information content (AvgIpc) is 3.21. The van der Waals surface area contributed by atoms with Gasteiger partial charge in [0, 0.05) is 34.4 Å². The highest BCUT2D eigenvalue weighted by Crippen LogP contribution is 2.34. The Bertz CT molecular complexity index is 1510. The summed E-state index contributed by atoms with van der Waals surface area (Å²) in [5.41, 5.74) is 6.88. The summed E-state index contributed by atoms with van der Waals surface area (Å²) < 4.78 is 18.5. The molecule has 0 aliphatic carbocycles. The van der Waals surface area contributed by atoms with Gasteiger partial charge in [-0.2, -0.15) is 5.10 Å². The molecule has 0 unspecified atom stereocenters. The number of carbonyl (C=O) groups is 3. The van der Waals surface area contributed by atoms with Crippen molar-refractivity contribution in [3.05, 3.63) is 70.6 Å². The van der Waals surface area contributed by atoms with Crippen LogP contribution in [0, 0.1) is 6.92 Å². The molecule has 3 amide bonds. The second-order valence-corrected chi connectivity index (χ2v) is 9.04. The minimum atomic E-state index is -0.754. The standard InChI is InChI=1S/C29H33N5O6/c1-6-34-18(4)21(20-10-8-9-11-22(20)34)15-30-33-25(35)16-40-23-13-12-19(14-24(23)38-5)27-26(28(36)39-7-2)17(3)31-29(37)32-27/h8-15,27H,6-7,16H2,1-5H3,(H,33,35)(H2,31,32,37)/b30-15+/t27-/m0/s1. The molecular weight excluding hydrogens is 514 g/mol. The minimum absolute atomic E-state index is 0.195. The van der Waals surface area contributed by atoms with Crippen molar-refractivity contribution in [1.82, 2.24) is 20.6 Å². The molecule has 0 bridgehead atoms. The van der Waals surface area contributed by atoms with E-state index in [1.807, 2.05) is 25.1 Å². The summed E-state index contributed by atoms with van der Waals surface area (Å²) in [5, 5.41) is 10.5. The summed E-state index contributed by atoms with van der Waals surface area (Å²) in [7, 11) is 1.46. The highest BCUT2D eigenvalue weighted by molar-refractivity contribution is 6.01. The Balaban J connectivity index is 1.45. The van der Waals surface area contributed by atoms with Crippen LogP contribution in [0.2, 0.25) is 0 Å². The number of amides is 3. The zero-order chi connectivity index (χ0) is 28.8. The number of allylic oxidation sites excluding steroid dienone is 1. The lowest BCUT2D eigenvalue weighted by Gasteiger charge is -2.28. The number of hydrogen-bond donors (Lipinski definition) is 3. The molecule has 3 aromatic rings. The molecule has 4 rings (SSSR count). The molecule has 1 aliphatic heterocycles. The molecule has 1 aromatic heterocycles. The summed E-state index contributed by atoms with van der Waals surface area (Å²) in [6, 6.07) is 11.8. The van der Waals surface area contributed by atoms with Crippen LogP contribution >= 0.6 is 0 Å². The van der Waals surface area contributed by atoms with Crippen molar-refractivity contribution in [2.75, 3.05) is 20.3 Å². The van der Waals surface area contributed by atoms with E-state index in [1.54, 1.807) is 38.3 Å². The summed E-state index contributed by atoms with van der Waals surface area (Å²) in [6.45, 7) is 8.16. The minimum Gasteiger partial charge on any atom is -0.493 e. The first kappa shape index (κ1) is 28.2. The third kappa shape index (κ3) is 5.78. The predicted octanol–water partition coefficient (Wildman–Crippen LogP) is 3.70. The molecule has 11 heteroatoms. The van der Waals surface area contributed by atoms with Gasteiger partial charge in [-0.05, 0) is 51.5 Å². The summed E-state index contributed by atoms with van der Waals surface area (Å²) in [4.78, 5) is 37.2. The summed E-state index contributed by atoms with van der Waals surface area (Å²) in [5.74, 6) is -0.354. The number of fused-ring (bicyclic) bond motifs is 1. The Morgan fingerprint density at radius 3 is 2.62 bits per heavy atom. The topological polar surface area (TPSA) is 132 Å². The molecular formula is C29H33N5O6. The molecule has 2 aromatic carbocycles. The van der Waals surface area contributed by atoms with Crippen molar-refractivity contribution in [3.8, 4) is 11.5 Å². The number of aryl methyl sites for hydroxylation is 1. The van der Waals surface area contributed by atoms with E-state index >= 15 is 0 Å². The second-order valence-electron chi connectivity index (χ2n) is 9.04. The van der Waals surface area contributed by atoms with E-state index in [-0.39, 0.29) is 18.8 Å². The van der Waals surface area contributed by atoms with Gasteiger partial charge in [0.1, 0.15) is 0 Å². The van der Waals surface area contributed by atoms with Gasteiger partial charge in [-0.3, -0.25) is 4.79 Å². The number of hydrogen-bond acceptors (Lipinski definition) is 7. The van der Waals surface area contributed by atoms with Crippen molar-refractivity contribution in [2.24, 2.45) is 5.10 Å². The van der Waals surface area contributed by atoms with Crippen LogP contribution in [0.1, 0.15) is 43.6 Å². The third-order valence-corrected chi connectivity index (χ3v) is 6.62. The van der Waals surface area contributed by atoms with Crippen LogP contribution in [0.5, 0.6) is 11.5 Å².